The molecular weight excluding hydrogens is 210 g/mol. The molecule has 2 rings (SSSR count). The van der Waals surface area contributed by atoms with Crippen LogP contribution in [0.4, 0.5) is 0 Å². The molecule has 0 radical (unpaired) electrons. The molecule has 82 valence electrons. The van der Waals surface area contributed by atoms with E-state index in [9.17, 15) is 0 Å². The molecule has 2 nitrogen and oxygen atoms in total. The number of aryl methyl sites for hydroxylation is 1. The Bertz CT molecular complexity index is 359. The summed E-state index contributed by atoms with van der Waals surface area (Å²) < 4.78 is 5.20. The van der Waals surface area contributed by atoms with E-state index in [-0.39, 0.29) is 0 Å². The largest absolute Gasteiger partial charge is 0.495 e. The van der Waals surface area contributed by atoms with Crippen LogP contribution in [0.3, 0.4) is 0 Å². The lowest BCUT2D eigenvalue weighted by Crippen LogP contribution is -2.08. The summed E-state index contributed by atoms with van der Waals surface area (Å²) in [5.74, 6) is 1.37. The van der Waals surface area contributed by atoms with Gasteiger partial charge < -0.3 is 10.1 Å². The third-order valence-electron chi connectivity index (χ3n) is 3.04. The molecule has 0 aromatic heterocycles. The van der Waals surface area contributed by atoms with Gasteiger partial charge >= 0.3 is 0 Å². The van der Waals surface area contributed by atoms with E-state index in [1.54, 1.807) is 7.11 Å². The average molecular weight is 226 g/mol. The van der Waals surface area contributed by atoms with Gasteiger partial charge in [0.2, 0.25) is 0 Å². The van der Waals surface area contributed by atoms with Crippen molar-refractivity contribution in [2.75, 3.05) is 20.2 Å². The van der Waals surface area contributed by atoms with Crippen LogP contribution in [0.15, 0.2) is 12.1 Å². The average Bonchev–Trinajstić information content (AvgIpc) is 2.74. The maximum Gasteiger partial charge on any atom is 0.137 e. The number of rotatable bonds is 2. The van der Waals surface area contributed by atoms with Crippen molar-refractivity contribution in [2.24, 2.45) is 0 Å². The van der Waals surface area contributed by atoms with Gasteiger partial charge in [-0.2, -0.15) is 0 Å². The van der Waals surface area contributed by atoms with Gasteiger partial charge in [-0.1, -0.05) is 11.6 Å². The Morgan fingerprint density at radius 3 is 2.87 bits per heavy atom. The molecule has 0 saturated carbocycles. The zero-order chi connectivity index (χ0) is 10.8. The Hall–Kier alpha value is -0.730. The highest BCUT2D eigenvalue weighted by Crippen LogP contribution is 2.33. The topological polar surface area (TPSA) is 21.3 Å². The summed E-state index contributed by atoms with van der Waals surface area (Å²) in [4.78, 5) is 0. The SMILES string of the molecule is COc1cc(C)c(C2CCNC2)cc1Cl. The van der Waals surface area contributed by atoms with E-state index >= 15 is 0 Å². The maximum atomic E-state index is 6.13. The maximum absolute atomic E-state index is 6.13. The summed E-state index contributed by atoms with van der Waals surface area (Å²) in [5, 5.41) is 4.08. The fourth-order valence-corrected chi connectivity index (χ4v) is 2.44. The van der Waals surface area contributed by atoms with Crippen LogP contribution in [0.2, 0.25) is 5.02 Å². The van der Waals surface area contributed by atoms with Crippen molar-refractivity contribution in [3.05, 3.63) is 28.3 Å². The van der Waals surface area contributed by atoms with E-state index in [2.05, 4.69) is 12.2 Å². The highest BCUT2D eigenvalue weighted by Gasteiger charge is 2.19. The van der Waals surface area contributed by atoms with Crippen LogP contribution in [0, 0.1) is 6.92 Å². The number of ether oxygens (including phenoxy) is 1. The normalized spacial score (nSPS) is 20.6. The van der Waals surface area contributed by atoms with Crippen LogP contribution in [-0.2, 0) is 0 Å². The Morgan fingerprint density at radius 1 is 1.47 bits per heavy atom. The Labute approximate surface area is 95.6 Å². The fraction of sp³-hybridized carbons (Fsp3) is 0.500. The number of benzene rings is 1. The van der Waals surface area contributed by atoms with Crippen molar-refractivity contribution in [1.82, 2.24) is 5.32 Å². The number of hydrogen-bond donors (Lipinski definition) is 1. The third kappa shape index (κ3) is 2.11. The summed E-state index contributed by atoms with van der Waals surface area (Å²) in [6, 6.07) is 4.07. The van der Waals surface area contributed by atoms with Crippen molar-refractivity contribution in [1.29, 1.82) is 0 Å². The Kier molecular flexibility index (Phi) is 3.17. The van der Waals surface area contributed by atoms with E-state index in [0.29, 0.717) is 10.9 Å². The molecule has 1 N–H and O–H groups in total. The minimum Gasteiger partial charge on any atom is -0.495 e. The predicted octanol–water partition coefficient (Wildman–Crippen LogP) is 2.73. The smallest absolute Gasteiger partial charge is 0.137 e. The van der Waals surface area contributed by atoms with E-state index < -0.39 is 0 Å². The van der Waals surface area contributed by atoms with Gasteiger partial charge in [-0.3, -0.25) is 0 Å². The molecule has 1 aromatic rings. The molecule has 1 aliphatic heterocycles. The van der Waals surface area contributed by atoms with Gasteiger partial charge in [0.25, 0.3) is 0 Å². The van der Waals surface area contributed by atoms with E-state index in [1.165, 1.54) is 17.5 Å². The van der Waals surface area contributed by atoms with Crippen LogP contribution >= 0.6 is 11.6 Å². The van der Waals surface area contributed by atoms with Crippen molar-refractivity contribution < 1.29 is 4.74 Å². The molecule has 0 aliphatic carbocycles. The minimum absolute atomic E-state index is 0.605. The molecule has 1 aromatic carbocycles. The van der Waals surface area contributed by atoms with Gasteiger partial charge in [-0.25, -0.2) is 0 Å². The van der Waals surface area contributed by atoms with Crippen molar-refractivity contribution >= 4 is 11.6 Å². The second-order valence-corrected chi connectivity index (χ2v) is 4.44. The monoisotopic (exact) mass is 225 g/mol. The first-order valence-corrected chi connectivity index (χ1v) is 5.65. The zero-order valence-corrected chi connectivity index (χ0v) is 9.90. The standard InChI is InChI=1S/C12H16ClNO/c1-8-5-12(15-2)11(13)6-10(8)9-3-4-14-7-9/h5-6,9,14H,3-4,7H2,1-2H3. The Morgan fingerprint density at radius 2 is 2.27 bits per heavy atom. The van der Waals surface area contributed by atoms with Gasteiger partial charge in [-0.15, -0.1) is 0 Å². The summed E-state index contributed by atoms with van der Waals surface area (Å²) in [7, 11) is 1.65. The predicted molar refractivity (Wildman–Crippen MR) is 63.0 cm³/mol. The van der Waals surface area contributed by atoms with Crippen LogP contribution in [0.5, 0.6) is 5.75 Å². The molecule has 0 bridgehead atoms. The second kappa shape index (κ2) is 4.42. The van der Waals surface area contributed by atoms with Crippen molar-refractivity contribution in [3.8, 4) is 5.75 Å². The second-order valence-electron chi connectivity index (χ2n) is 4.03. The first-order chi connectivity index (χ1) is 7.22. The quantitative estimate of drug-likeness (QED) is 0.836. The molecular formula is C12H16ClNO. The molecule has 1 aliphatic rings. The molecule has 1 fully saturated rings. The van der Waals surface area contributed by atoms with Crippen molar-refractivity contribution in [2.45, 2.75) is 19.3 Å². The first-order valence-electron chi connectivity index (χ1n) is 5.27. The minimum atomic E-state index is 0.605. The summed E-state index contributed by atoms with van der Waals surface area (Å²) >= 11 is 6.13. The highest BCUT2D eigenvalue weighted by molar-refractivity contribution is 6.32. The number of methoxy groups -OCH3 is 1. The van der Waals surface area contributed by atoms with E-state index in [1.807, 2.05) is 12.1 Å². The first kappa shape index (κ1) is 10.8. The summed E-state index contributed by atoms with van der Waals surface area (Å²) in [6.07, 6.45) is 1.20. The lowest BCUT2D eigenvalue weighted by atomic mass is 9.94. The van der Waals surface area contributed by atoms with E-state index in [4.69, 9.17) is 16.3 Å². The van der Waals surface area contributed by atoms with Gasteiger partial charge in [0.05, 0.1) is 12.1 Å². The lowest BCUT2D eigenvalue weighted by molar-refractivity contribution is 0.414. The molecule has 15 heavy (non-hydrogen) atoms. The van der Waals surface area contributed by atoms with Crippen LogP contribution < -0.4 is 10.1 Å². The zero-order valence-electron chi connectivity index (χ0n) is 9.14. The number of nitrogens with one attached hydrogen (secondary N) is 1. The van der Waals surface area contributed by atoms with Gasteiger partial charge in [0.15, 0.2) is 0 Å². The summed E-state index contributed by atoms with van der Waals surface area (Å²) in [6.45, 7) is 4.28. The van der Waals surface area contributed by atoms with Gasteiger partial charge in [0.1, 0.15) is 5.75 Å². The molecule has 3 heteroatoms. The molecule has 1 heterocycles. The van der Waals surface area contributed by atoms with E-state index in [0.717, 1.165) is 18.8 Å². The van der Waals surface area contributed by atoms with Crippen LogP contribution in [0.25, 0.3) is 0 Å². The van der Waals surface area contributed by atoms with Crippen molar-refractivity contribution in [3.63, 3.8) is 0 Å². The number of hydrogen-bond acceptors (Lipinski definition) is 2. The Balaban J connectivity index is 2.35. The summed E-state index contributed by atoms with van der Waals surface area (Å²) in [5.41, 5.74) is 2.62. The molecule has 0 spiro atoms. The molecule has 1 saturated heterocycles. The number of halogens is 1. The molecule has 1 atom stereocenters. The van der Waals surface area contributed by atoms with Crippen LogP contribution in [0.1, 0.15) is 23.5 Å². The molecule has 1 unspecified atom stereocenters. The fourth-order valence-electron chi connectivity index (χ4n) is 2.19. The van der Waals surface area contributed by atoms with Crippen LogP contribution in [-0.4, -0.2) is 20.2 Å². The third-order valence-corrected chi connectivity index (χ3v) is 3.34. The van der Waals surface area contributed by atoms with Gasteiger partial charge in [0, 0.05) is 6.54 Å². The highest BCUT2D eigenvalue weighted by atomic mass is 35.5. The molecule has 0 amide bonds. The lowest BCUT2D eigenvalue weighted by Gasteiger charge is -2.14. The van der Waals surface area contributed by atoms with Gasteiger partial charge in [-0.05, 0) is 49.1 Å².